The van der Waals surface area contributed by atoms with Gasteiger partial charge in [0, 0.05) is 32.2 Å². The summed E-state index contributed by atoms with van der Waals surface area (Å²) < 4.78 is 0. The molecule has 0 bridgehead atoms. The SMILES string of the molecule is CNC(=O)CCCCCNC(=O)CCSCC(C)=O. The quantitative estimate of drug-likeness (QED) is 0.559. The molecule has 0 unspecified atom stereocenters. The van der Waals surface area contributed by atoms with Gasteiger partial charge < -0.3 is 10.6 Å². The molecule has 6 heteroatoms. The van der Waals surface area contributed by atoms with Gasteiger partial charge in [0.25, 0.3) is 0 Å². The van der Waals surface area contributed by atoms with Crippen LogP contribution in [0.3, 0.4) is 0 Å². The molecule has 110 valence electrons. The number of carbonyl (C=O) groups is 3. The zero-order chi connectivity index (χ0) is 14.5. The summed E-state index contributed by atoms with van der Waals surface area (Å²) in [6, 6.07) is 0. The van der Waals surface area contributed by atoms with E-state index in [0.717, 1.165) is 19.3 Å². The van der Waals surface area contributed by atoms with Gasteiger partial charge in [-0.05, 0) is 19.8 Å². The van der Waals surface area contributed by atoms with Gasteiger partial charge in [0.15, 0.2) is 0 Å². The molecule has 2 N–H and O–H groups in total. The Kier molecular flexibility index (Phi) is 11.4. The fourth-order valence-electron chi connectivity index (χ4n) is 1.41. The first-order chi connectivity index (χ1) is 9.06. The van der Waals surface area contributed by atoms with Gasteiger partial charge in [-0.2, -0.15) is 11.8 Å². The highest BCUT2D eigenvalue weighted by Crippen LogP contribution is 2.02. The van der Waals surface area contributed by atoms with E-state index in [1.165, 1.54) is 11.8 Å². The van der Waals surface area contributed by atoms with E-state index in [2.05, 4.69) is 10.6 Å². The van der Waals surface area contributed by atoms with E-state index in [0.29, 0.717) is 30.9 Å². The number of unbranched alkanes of at least 4 members (excludes halogenated alkanes) is 2. The Bertz CT molecular complexity index is 296. The van der Waals surface area contributed by atoms with E-state index in [1.807, 2.05) is 0 Å². The maximum Gasteiger partial charge on any atom is 0.220 e. The van der Waals surface area contributed by atoms with Crippen LogP contribution in [0.4, 0.5) is 0 Å². The number of hydrogen-bond donors (Lipinski definition) is 2. The molecule has 2 amide bonds. The maximum absolute atomic E-state index is 11.4. The van der Waals surface area contributed by atoms with E-state index in [1.54, 1.807) is 14.0 Å². The molecule has 0 spiro atoms. The van der Waals surface area contributed by atoms with Crippen molar-refractivity contribution >= 4 is 29.4 Å². The molecule has 0 saturated heterocycles. The number of ketones is 1. The Hall–Kier alpha value is -1.04. The topological polar surface area (TPSA) is 75.3 Å². The number of amides is 2. The summed E-state index contributed by atoms with van der Waals surface area (Å²) in [4.78, 5) is 33.0. The van der Waals surface area contributed by atoms with Gasteiger partial charge in [0.2, 0.25) is 11.8 Å². The van der Waals surface area contributed by atoms with Crippen LogP contribution in [0.15, 0.2) is 0 Å². The van der Waals surface area contributed by atoms with E-state index >= 15 is 0 Å². The monoisotopic (exact) mass is 288 g/mol. The molecule has 0 saturated carbocycles. The molecule has 0 aromatic rings. The van der Waals surface area contributed by atoms with Crippen molar-refractivity contribution < 1.29 is 14.4 Å². The molecule has 0 fully saturated rings. The first kappa shape index (κ1) is 18.0. The molecule has 0 rings (SSSR count). The Labute approximate surface area is 119 Å². The average molecular weight is 288 g/mol. The lowest BCUT2D eigenvalue weighted by atomic mass is 10.2. The molecular formula is C13H24N2O3S. The molecule has 0 heterocycles. The van der Waals surface area contributed by atoms with Crippen LogP contribution in [0, 0.1) is 0 Å². The molecule has 0 aliphatic rings. The van der Waals surface area contributed by atoms with Gasteiger partial charge in [0.05, 0.1) is 5.75 Å². The van der Waals surface area contributed by atoms with E-state index in [9.17, 15) is 14.4 Å². The third-order valence-corrected chi connectivity index (χ3v) is 3.56. The van der Waals surface area contributed by atoms with Crippen LogP contribution in [0.2, 0.25) is 0 Å². The Balaban J connectivity index is 3.29. The Morgan fingerprint density at radius 3 is 2.37 bits per heavy atom. The number of carbonyl (C=O) groups excluding carboxylic acids is 3. The molecular weight excluding hydrogens is 264 g/mol. The summed E-state index contributed by atoms with van der Waals surface area (Å²) in [5.74, 6) is 1.39. The molecule has 0 aliphatic heterocycles. The van der Waals surface area contributed by atoms with Crippen LogP contribution in [-0.2, 0) is 14.4 Å². The van der Waals surface area contributed by atoms with Crippen LogP contribution >= 0.6 is 11.8 Å². The number of rotatable bonds is 11. The lowest BCUT2D eigenvalue weighted by molar-refractivity contribution is -0.121. The minimum absolute atomic E-state index is 0.0300. The summed E-state index contributed by atoms with van der Waals surface area (Å²) in [5.41, 5.74) is 0. The molecule has 0 radical (unpaired) electrons. The van der Waals surface area contributed by atoms with Gasteiger partial charge in [-0.3, -0.25) is 14.4 Å². The standard InChI is InChI=1S/C13H24N2O3S/c1-11(16)10-19-9-7-13(18)15-8-5-3-4-6-12(17)14-2/h3-10H2,1-2H3,(H,14,17)(H,15,18). The second-order valence-electron chi connectivity index (χ2n) is 4.34. The van der Waals surface area contributed by atoms with Crippen molar-refractivity contribution in [2.45, 2.75) is 39.0 Å². The van der Waals surface area contributed by atoms with Crippen LogP contribution in [0.25, 0.3) is 0 Å². The van der Waals surface area contributed by atoms with Gasteiger partial charge >= 0.3 is 0 Å². The highest BCUT2D eigenvalue weighted by molar-refractivity contribution is 7.99. The predicted octanol–water partition coefficient (Wildman–Crippen LogP) is 1.12. The van der Waals surface area contributed by atoms with Crippen LogP contribution in [0.1, 0.15) is 39.0 Å². The first-order valence-corrected chi connectivity index (χ1v) is 7.76. The second kappa shape index (κ2) is 12.0. The van der Waals surface area contributed by atoms with Gasteiger partial charge in [-0.15, -0.1) is 0 Å². The largest absolute Gasteiger partial charge is 0.359 e. The predicted molar refractivity (Wildman–Crippen MR) is 78.2 cm³/mol. The summed E-state index contributed by atoms with van der Waals surface area (Å²) in [6.45, 7) is 2.20. The van der Waals surface area contributed by atoms with Crippen LogP contribution in [-0.4, -0.2) is 42.7 Å². The minimum Gasteiger partial charge on any atom is -0.359 e. The number of thioether (sulfide) groups is 1. The zero-order valence-electron chi connectivity index (χ0n) is 11.8. The van der Waals surface area contributed by atoms with Crippen molar-refractivity contribution in [1.29, 1.82) is 0 Å². The number of nitrogens with one attached hydrogen (secondary N) is 2. The molecule has 0 aromatic carbocycles. The lowest BCUT2D eigenvalue weighted by Crippen LogP contribution is -2.24. The average Bonchev–Trinajstić information content (AvgIpc) is 2.38. The third kappa shape index (κ3) is 13.2. The van der Waals surface area contributed by atoms with Crippen molar-refractivity contribution in [1.82, 2.24) is 10.6 Å². The van der Waals surface area contributed by atoms with E-state index in [4.69, 9.17) is 0 Å². The molecule has 0 aliphatic carbocycles. The Morgan fingerprint density at radius 2 is 1.74 bits per heavy atom. The number of Topliss-reactive ketones (excluding diaryl/α,β-unsaturated/α-hetero) is 1. The zero-order valence-corrected chi connectivity index (χ0v) is 12.6. The molecule has 19 heavy (non-hydrogen) atoms. The van der Waals surface area contributed by atoms with Crippen LogP contribution in [0.5, 0.6) is 0 Å². The van der Waals surface area contributed by atoms with Crippen LogP contribution < -0.4 is 10.6 Å². The second-order valence-corrected chi connectivity index (χ2v) is 5.44. The third-order valence-electron chi connectivity index (χ3n) is 2.46. The van der Waals surface area contributed by atoms with Crippen molar-refractivity contribution in [3.8, 4) is 0 Å². The molecule has 0 atom stereocenters. The van der Waals surface area contributed by atoms with Crippen molar-refractivity contribution in [3.05, 3.63) is 0 Å². The highest BCUT2D eigenvalue weighted by Gasteiger charge is 2.02. The van der Waals surface area contributed by atoms with E-state index in [-0.39, 0.29) is 17.6 Å². The number of hydrogen-bond acceptors (Lipinski definition) is 4. The minimum atomic E-state index is 0.0300. The van der Waals surface area contributed by atoms with Crippen molar-refractivity contribution in [2.24, 2.45) is 0 Å². The lowest BCUT2D eigenvalue weighted by Gasteiger charge is -2.05. The summed E-state index contributed by atoms with van der Waals surface area (Å²) in [5, 5.41) is 5.41. The molecule has 0 aromatic heterocycles. The van der Waals surface area contributed by atoms with Gasteiger partial charge in [0.1, 0.15) is 5.78 Å². The van der Waals surface area contributed by atoms with Gasteiger partial charge in [-0.25, -0.2) is 0 Å². The normalized spacial score (nSPS) is 10.0. The van der Waals surface area contributed by atoms with Crippen molar-refractivity contribution in [2.75, 3.05) is 25.1 Å². The van der Waals surface area contributed by atoms with E-state index < -0.39 is 0 Å². The fourth-order valence-corrected chi connectivity index (χ4v) is 2.17. The maximum atomic E-state index is 11.4. The Morgan fingerprint density at radius 1 is 1.00 bits per heavy atom. The van der Waals surface area contributed by atoms with Gasteiger partial charge in [-0.1, -0.05) is 6.42 Å². The highest BCUT2D eigenvalue weighted by atomic mass is 32.2. The smallest absolute Gasteiger partial charge is 0.220 e. The fraction of sp³-hybridized carbons (Fsp3) is 0.769. The summed E-state index contributed by atoms with van der Waals surface area (Å²) in [6.07, 6.45) is 3.68. The summed E-state index contributed by atoms with van der Waals surface area (Å²) in [7, 11) is 1.63. The van der Waals surface area contributed by atoms with Crippen molar-refractivity contribution in [3.63, 3.8) is 0 Å². The molecule has 5 nitrogen and oxygen atoms in total. The summed E-state index contributed by atoms with van der Waals surface area (Å²) >= 11 is 1.49. The first-order valence-electron chi connectivity index (χ1n) is 6.60.